The molecule has 2 aromatic rings. The van der Waals surface area contributed by atoms with Crippen LogP contribution in [-0.2, 0) is 0 Å². The van der Waals surface area contributed by atoms with Gasteiger partial charge in [-0.2, -0.15) is 0 Å². The molecule has 0 aliphatic heterocycles. The van der Waals surface area contributed by atoms with Gasteiger partial charge in [0.15, 0.2) is 0 Å². The average molecular weight is 346 g/mol. The lowest BCUT2D eigenvalue weighted by Gasteiger charge is -2.20. The monoisotopic (exact) mass is 345 g/mol. The molecule has 0 radical (unpaired) electrons. The second-order valence-electron chi connectivity index (χ2n) is 6.42. The van der Waals surface area contributed by atoms with Gasteiger partial charge >= 0.3 is 0 Å². The maximum Gasteiger partial charge on any atom is 0.150 e. The van der Waals surface area contributed by atoms with Gasteiger partial charge in [0.25, 0.3) is 0 Å². The van der Waals surface area contributed by atoms with Crippen LogP contribution in [0, 0.1) is 12.8 Å². The van der Waals surface area contributed by atoms with Crippen LogP contribution in [0.4, 0.5) is 11.5 Å². The van der Waals surface area contributed by atoms with Crippen LogP contribution in [0.25, 0.3) is 11.1 Å². The molecule has 1 heterocycles. The van der Waals surface area contributed by atoms with Crippen LogP contribution in [0.2, 0.25) is 5.02 Å². The summed E-state index contributed by atoms with van der Waals surface area (Å²) >= 11 is 6.30. The van der Waals surface area contributed by atoms with Gasteiger partial charge in [-0.15, -0.1) is 0 Å². The topological polar surface area (TPSA) is 60.2 Å². The van der Waals surface area contributed by atoms with Crippen molar-refractivity contribution in [1.29, 1.82) is 0 Å². The number of hydrogen-bond acceptors (Lipinski definition) is 4. The van der Waals surface area contributed by atoms with Crippen molar-refractivity contribution in [3.63, 3.8) is 0 Å². The van der Waals surface area contributed by atoms with E-state index in [4.69, 9.17) is 22.1 Å². The van der Waals surface area contributed by atoms with Crippen molar-refractivity contribution in [2.24, 2.45) is 5.92 Å². The number of methoxy groups -OCH3 is 1. The molecule has 1 unspecified atom stereocenters. The van der Waals surface area contributed by atoms with Gasteiger partial charge in [0, 0.05) is 17.8 Å². The van der Waals surface area contributed by atoms with Gasteiger partial charge in [0.2, 0.25) is 0 Å². The van der Waals surface area contributed by atoms with Crippen LogP contribution < -0.4 is 15.8 Å². The van der Waals surface area contributed by atoms with Crippen molar-refractivity contribution in [3.05, 3.63) is 35.0 Å². The van der Waals surface area contributed by atoms with Gasteiger partial charge in [-0.25, -0.2) is 4.98 Å². The van der Waals surface area contributed by atoms with Crippen molar-refractivity contribution in [2.45, 2.75) is 39.2 Å². The predicted molar refractivity (Wildman–Crippen MR) is 101 cm³/mol. The fraction of sp³-hybridized carbons (Fsp3) is 0.421. The SMILES string of the molecule is CCC(Nc1nccc(-c2cc(Cl)c(OC)cc2C)c1N)C1CC1. The Labute approximate surface area is 148 Å². The van der Waals surface area contributed by atoms with Gasteiger partial charge in [0.1, 0.15) is 11.6 Å². The number of rotatable bonds is 6. The molecule has 1 aromatic carbocycles. The lowest BCUT2D eigenvalue weighted by molar-refractivity contribution is 0.415. The number of nitrogen functional groups attached to an aromatic ring is 1. The minimum atomic E-state index is 0.440. The molecule has 1 atom stereocenters. The summed E-state index contributed by atoms with van der Waals surface area (Å²) in [5, 5.41) is 4.11. The highest BCUT2D eigenvalue weighted by molar-refractivity contribution is 6.32. The quantitative estimate of drug-likeness (QED) is 0.781. The number of anilines is 2. The number of halogens is 1. The molecule has 1 aromatic heterocycles. The van der Waals surface area contributed by atoms with Crippen molar-refractivity contribution in [3.8, 4) is 16.9 Å². The first-order valence-electron chi connectivity index (χ1n) is 8.40. The lowest BCUT2D eigenvalue weighted by atomic mass is 9.99. The zero-order valence-electron chi connectivity index (χ0n) is 14.4. The first-order chi connectivity index (χ1) is 11.5. The number of ether oxygens (including phenoxy) is 1. The number of nitrogens with zero attached hydrogens (tertiary/aromatic N) is 1. The van der Waals surface area contributed by atoms with E-state index in [1.807, 2.05) is 25.1 Å². The van der Waals surface area contributed by atoms with Crippen molar-refractivity contribution < 1.29 is 4.74 Å². The van der Waals surface area contributed by atoms with Gasteiger partial charge in [0.05, 0.1) is 17.8 Å². The lowest BCUT2D eigenvalue weighted by Crippen LogP contribution is -2.22. The molecular weight excluding hydrogens is 322 g/mol. The van der Waals surface area contributed by atoms with E-state index in [2.05, 4.69) is 17.2 Å². The average Bonchev–Trinajstić information content (AvgIpc) is 3.41. The Morgan fingerprint density at radius 3 is 2.75 bits per heavy atom. The Kier molecular flexibility index (Phi) is 4.86. The Bertz CT molecular complexity index is 744. The third-order valence-electron chi connectivity index (χ3n) is 4.73. The van der Waals surface area contributed by atoms with Crippen LogP contribution in [0.5, 0.6) is 5.75 Å². The second-order valence-corrected chi connectivity index (χ2v) is 6.83. The minimum Gasteiger partial charge on any atom is -0.495 e. The molecule has 0 amide bonds. The fourth-order valence-corrected chi connectivity index (χ4v) is 3.39. The highest BCUT2D eigenvalue weighted by atomic mass is 35.5. The largest absolute Gasteiger partial charge is 0.495 e. The molecular formula is C19H24ClN3O. The molecule has 0 bridgehead atoms. The summed E-state index contributed by atoms with van der Waals surface area (Å²) in [4.78, 5) is 4.45. The summed E-state index contributed by atoms with van der Waals surface area (Å²) in [6.07, 6.45) is 5.45. The third-order valence-corrected chi connectivity index (χ3v) is 5.03. The number of aromatic nitrogens is 1. The number of nitrogens with two attached hydrogens (primary N) is 1. The molecule has 24 heavy (non-hydrogen) atoms. The van der Waals surface area contributed by atoms with Crippen LogP contribution in [0.3, 0.4) is 0 Å². The zero-order valence-corrected chi connectivity index (χ0v) is 15.2. The Morgan fingerprint density at radius 1 is 1.38 bits per heavy atom. The van der Waals surface area contributed by atoms with Gasteiger partial charge in [-0.05, 0) is 61.4 Å². The smallest absolute Gasteiger partial charge is 0.150 e. The summed E-state index contributed by atoms with van der Waals surface area (Å²) in [7, 11) is 1.62. The van der Waals surface area contributed by atoms with Gasteiger partial charge in [-0.3, -0.25) is 0 Å². The summed E-state index contributed by atoms with van der Waals surface area (Å²) in [5.74, 6) is 2.18. The number of pyridine rings is 1. The molecule has 3 rings (SSSR count). The van der Waals surface area contributed by atoms with Gasteiger partial charge in [-0.1, -0.05) is 18.5 Å². The van der Waals surface area contributed by atoms with Crippen molar-refractivity contribution in [2.75, 3.05) is 18.2 Å². The maximum absolute atomic E-state index is 6.43. The number of aryl methyl sites for hydroxylation is 1. The van der Waals surface area contributed by atoms with E-state index in [1.54, 1.807) is 13.3 Å². The van der Waals surface area contributed by atoms with E-state index < -0.39 is 0 Å². The molecule has 4 nitrogen and oxygen atoms in total. The van der Waals surface area contributed by atoms with Crippen LogP contribution in [0.1, 0.15) is 31.7 Å². The molecule has 0 saturated heterocycles. The first-order valence-corrected chi connectivity index (χ1v) is 8.78. The molecule has 1 fully saturated rings. The summed E-state index contributed by atoms with van der Waals surface area (Å²) in [5.41, 5.74) is 10.1. The van der Waals surface area contributed by atoms with E-state index in [-0.39, 0.29) is 0 Å². The number of nitrogens with one attached hydrogen (secondary N) is 1. The highest BCUT2D eigenvalue weighted by Gasteiger charge is 2.30. The van der Waals surface area contributed by atoms with E-state index in [9.17, 15) is 0 Å². The Morgan fingerprint density at radius 2 is 2.12 bits per heavy atom. The molecule has 3 N–H and O–H groups in total. The Hall–Kier alpha value is -1.94. The van der Waals surface area contributed by atoms with E-state index in [0.29, 0.717) is 22.5 Å². The van der Waals surface area contributed by atoms with E-state index in [1.165, 1.54) is 12.8 Å². The van der Waals surface area contributed by atoms with Crippen molar-refractivity contribution in [1.82, 2.24) is 4.98 Å². The van der Waals surface area contributed by atoms with Gasteiger partial charge < -0.3 is 15.8 Å². The molecule has 0 spiro atoms. The van der Waals surface area contributed by atoms with Crippen LogP contribution >= 0.6 is 11.6 Å². The minimum absolute atomic E-state index is 0.440. The molecule has 128 valence electrons. The standard InChI is InChI=1S/C19H24ClN3O/c1-4-16(12-5-6-12)23-19-18(21)13(7-8-22-19)14-10-15(20)17(24-3)9-11(14)2/h7-10,12,16H,4-6,21H2,1-3H3,(H,22,23). The fourth-order valence-electron chi connectivity index (χ4n) is 3.15. The van der Waals surface area contributed by atoms with E-state index in [0.717, 1.165) is 34.8 Å². The third kappa shape index (κ3) is 3.29. The number of hydrogen-bond donors (Lipinski definition) is 2. The second kappa shape index (κ2) is 6.89. The Balaban J connectivity index is 1.97. The maximum atomic E-state index is 6.43. The summed E-state index contributed by atoms with van der Waals surface area (Å²) in [6.45, 7) is 4.23. The zero-order chi connectivity index (χ0) is 17.3. The normalized spacial score (nSPS) is 15.2. The molecule has 1 saturated carbocycles. The van der Waals surface area contributed by atoms with Crippen LogP contribution in [-0.4, -0.2) is 18.1 Å². The summed E-state index contributed by atoms with van der Waals surface area (Å²) in [6, 6.07) is 6.21. The van der Waals surface area contributed by atoms with E-state index >= 15 is 0 Å². The summed E-state index contributed by atoms with van der Waals surface area (Å²) < 4.78 is 5.28. The first kappa shape index (κ1) is 16.9. The molecule has 1 aliphatic carbocycles. The van der Waals surface area contributed by atoms with Crippen molar-refractivity contribution >= 4 is 23.1 Å². The van der Waals surface area contributed by atoms with Crippen LogP contribution in [0.15, 0.2) is 24.4 Å². The number of benzene rings is 1. The highest BCUT2D eigenvalue weighted by Crippen LogP contribution is 2.39. The predicted octanol–water partition coefficient (Wildman–Crippen LogP) is 4.90. The molecule has 1 aliphatic rings. The molecule has 5 heteroatoms.